The Balaban J connectivity index is 1.38. The van der Waals surface area contributed by atoms with Gasteiger partial charge in [0, 0.05) is 6.42 Å². The van der Waals surface area contributed by atoms with Gasteiger partial charge in [-0.1, -0.05) is 326 Å². The summed E-state index contributed by atoms with van der Waals surface area (Å²) in [6, 6.07) is -0.996. The standard InChI is InChI=1S/C81H151NO18/c1-3-5-7-9-11-13-15-17-19-21-23-25-27-28-29-30-31-32-33-34-35-37-38-40-42-44-46-48-50-52-54-56-58-65(86)64(82-69(87)59-57-55-53-51-49-47-45-43-41-39-36-26-24-22-20-18-16-14-12-10-8-6-4-2)63-95-79-75(93)72(90)77(67(61-84)97-79)100-81-76(94)73(91)78(68(62-85)98-81)99-80-74(92)71(89)70(88)66(60-83)96-80/h40,42,48,50,56,58,64-68,70-81,83-86,88-94H,3-39,41,43-47,49,51-55,57,59-63H2,1-2H3,(H,82,87)/b42-40+,50-48+,58-56+. The molecule has 3 heterocycles. The van der Waals surface area contributed by atoms with Crippen LogP contribution in [0.3, 0.4) is 0 Å². The third kappa shape index (κ3) is 41.8. The lowest BCUT2D eigenvalue weighted by Crippen LogP contribution is -2.66. The Morgan fingerprint density at radius 3 is 1.00 bits per heavy atom. The van der Waals surface area contributed by atoms with Crippen molar-refractivity contribution in [2.45, 2.75) is 446 Å². The average Bonchev–Trinajstić information content (AvgIpc) is 0.783. The van der Waals surface area contributed by atoms with Crippen LogP contribution in [0.2, 0.25) is 0 Å². The number of nitrogens with one attached hydrogen (secondary N) is 1. The minimum Gasteiger partial charge on any atom is -0.394 e. The van der Waals surface area contributed by atoms with Gasteiger partial charge in [0.05, 0.1) is 38.6 Å². The largest absolute Gasteiger partial charge is 0.394 e. The van der Waals surface area contributed by atoms with Crippen molar-refractivity contribution in [2.75, 3.05) is 26.4 Å². The summed E-state index contributed by atoms with van der Waals surface area (Å²) in [7, 11) is 0. The Bertz CT molecular complexity index is 1950. The third-order valence-corrected chi connectivity index (χ3v) is 20.7. The lowest BCUT2D eigenvalue weighted by Gasteiger charge is -2.48. The molecule has 0 aromatic heterocycles. The smallest absolute Gasteiger partial charge is 0.220 e. The summed E-state index contributed by atoms with van der Waals surface area (Å²) >= 11 is 0. The van der Waals surface area contributed by atoms with Crippen LogP contribution in [0.5, 0.6) is 0 Å². The number of hydrogen-bond donors (Lipinski definition) is 12. The van der Waals surface area contributed by atoms with E-state index in [1.54, 1.807) is 6.08 Å². The molecule has 19 nitrogen and oxygen atoms in total. The number of allylic oxidation sites excluding steroid dienone is 5. The lowest BCUT2D eigenvalue weighted by atomic mass is 9.96. The molecule has 588 valence electrons. The van der Waals surface area contributed by atoms with Crippen LogP contribution in [0.25, 0.3) is 0 Å². The number of rotatable bonds is 66. The molecular weight excluding hydrogens is 1270 g/mol. The zero-order chi connectivity index (χ0) is 72.5. The van der Waals surface area contributed by atoms with Crippen molar-refractivity contribution in [1.29, 1.82) is 0 Å². The molecule has 3 saturated heterocycles. The molecular formula is C81H151NO18. The maximum Gasteiger partial charge on any atom is 0.220 e. The maximum absolute atomic E-state index is 13.5. The average molecular weight is 1430 g/mol. The highest BCUT2D eigenvalue weighted by atomic mass is 16.8. The molecule has 0 aromatic carbocycles. The van der Waals surface area contributed by atoms with Crippen molar-refractivity contribution in [1.82, 2.24) is 5.32 Å². The predicted octanol–water partition coefficient (Wildman–Crippen LogP) is 13.9. The van der Waals surface area contributed by atoms with Crippen molar-refractivity contribution in [3.8, 4) is 0 Å². The van der Waals surface area contributed by atoms with Crippen molar-refractivity contribution < 1.29 is 89.4 Å². The van der Waals surface area contributed by atoms with Crippen LogP contribution in [0.15, 0.2) is 36.5 Å². The fourth-order valence-electron chi connectivity index (χ4n) is 14.1. The molecule has 19 heteroatoms. The molecule has 3 aliphatic heterocycles. The summed E-state index contributed by atoms with van der Waals surface area (Å²) in [6.45, 7) is 1.77. The SMILES string of the molecule is CCCCCCCCCCCCCCCCCCCCCCCC/C=C/CC/C=C/CC/C=C/C(O)C(COC1OC(CO)C(OC2OC(CO)C(OC3OC(CO)C(O)C(O)C3O)C(O)C2O)C(O)C1O)NC(=O)CCCCCCCCCCCCCCCCCCCCCCCCC. The van der Waals surface area contributed by atoms with Crippen molar-refractivity contribution in [3.63, 3.8) is 0 Å². The number of aliphatic hydroxyl groups is 11. The highest BCUT2D eigenvalue weighted by molar-refractivity contribution is 5.76. The van der Waals surface area contributed by atoms with E-state index < -0.39 is 124 Å². The number of ether oxygens (including phenoxy) is 6. The van der Waals surface area contributed by atoms with Gasteiger partial charge in [0.2, 0.25) is 5.91 Å². The van der Waals surface area contributed by atoms with Gasteiger partial charge in [-0.25, -0.2) is 0 Å². The fraction of sp³-hybridized carbons (Fsp3) is 0.914. The van der Waals surface area contributed by atoms with Crippen LogP contribution >= 0.6 is 0 Å². The zero-order valence-electron chi connectivity index (χ0n) is 62.9. The minimum atomic E-state index is -1.98. The molecule has 17 unspecified atom stereocenters. The van der Waals surface area contributed by atoms with Crippen LogP contribution < -0.4 is 5.32 Å². The molecule has 0 saturated carbocycles. The number of amides is 1. The van der Waals surface area contributed by atoms with Gasteiger partial charge in [-0.2, -0.15) is 0 Å². The van der Waals surface area contributed by atoms with Gasteiger partial charge in [0.15, 0.2) is 18.9 Å². The molecule has 17 atom stereocenters. The Kier molecular flexibility index (Phi) is 57.3. The number of carbonyl (C=O) groups is 1. The Morgan fingerprint density at radius 2 is 0.640 bits per heavy atom. The molecule has 0 spiro atoms. The summed E-state index contributed by atoms with van der Waals surface area (Å²) in [4.78, 5) is 13.5. The van der Waals surface area contributed by atoms with Gasteiger partial charge < -0.3 is 89.9 Å². The van der Waals surface area contributed by atoms with E-state index in [0.717, 1.165) is 44.9 Å². The van der Waals surface area contributed by atoms with E-state index in [2.05, 4.69) is 43.5 Å². The summed E-state index contributed by atoms with van der Waals surface area (Å²) in [6.07, 6.45) is 50.1. The van der Waals surface area contributed by atoms with Gasteiger partial charge in [0.1, 0.15) is 73.2 Å². The molecule has 100 heavy (non-hydrogen) atoms. The number of aliphatic hydroxyl groups excluding tert-OH is 11. The van der Waals surface area contributed by atoms with Gasteiger partial charge in [0.25, 0.3) is 0 Å². The van der Waals surface area contributed by atoms with E-state index in [-0.39, 0.29) is 18.9 Å². The fourth-order valence-corrected chi connectivity index (χ4v) is 14.1. The van der Waals surface area contributed by atoms with Gasteiger partial charge in [-0.05, 0) is 44.9 Å². The van der Waals surface area contributed by atoms with E-state index >= 15 is 0 Å². The van der Waals surface area contributed by atoms with Crippen LogP contribution in [-0.2, 0) is 33.2 Å². The lowest BCUT2D eigenvalue weighted by molar-refractivity contribution is -0.379. The number of unbranched alkanes of at least 4 members (excludes halogenated alkanes) is 46. The summed E-state index contributed by atoms with van der Waals surface area (Å²) in [5, 5.41) is 121. The predicted molar refractivity (Wildman–Crippen MR) is 397 cm³/mol. The molecule has 3 rings (SSSR count). The van der Waals surface area contributed by atoms with Gasteiger partial charge in [-0.15, -0.1) is 0 Å². The highest BCUT2D eigenvalue weighted by Crippen LogP contribution is 2.33. The zero-order valence-corrected chi connectivity index (χ0v) is 62.9. The van der Waals surface area contributed by atoms with Gasteiger partial charge in [-0.3, -0.25) is 4.79 Å². The summed E-state index contributed by atoms with van der Waals surface area (Å²) < 4.78 is 34.4. The van der Waals surface area contributed by atoms with Crippen LogP contribution in [-0.4, -0.2) is 193 Å². The first-order valence-corrected chi connectivity index (χ1v) is 41.2. The Morgan fingerprint density at radius 1 is 0.350 bits per heavy atom. The van der Waals surface area contributed by atoms with Crippen LogP contribution in [0.4, 0.5) is 0 Å². The normalized spacial score (nSPS) is 26.6. The first kappa shape index (κ1) is 92.2. The number of carbonyl (C=O) groups excluding carboxylic acids is 1. The second kappa shape index (κ2) is 62.1. The minimum absolute atomic E-state index is 0.236. The summed E-state index contributed by atoms with van der Waals surface area (Å²) in [5.41, 5.74) is 0. The first-order chi connectivity index (χ1) is 48.8. The van der Waals surface area contributed by atoms with Crippen LogP contribution in [0, 0.1) is 0 Å². The van der Waals surface area contributed by atoms with Crippen molar-refractivity contribution >= 4 is 5.91 Å². The van der Waals surface area contributed by atoms with Crippen LogP contribution in [0.1, 0.15) is 341 Å². The molecule has 12 N–H and O–H groups in total. The number of hydrogen-bond acceptors (Lipinski definition) is 18. The topological polar surface area (TPSA) is 307 Å². The monoisotopic (exact) mass is 1430 g/mol. The second-order valence-electron chi connectivity index (χ2n) is 29.6. The first-order valence-electron chi connectivity index (χ1n) is 41.2. The quantitative estimate of drug-likeness (QED) is 0.0199. The molecule has 0 radical (unpaired) electrons. The second-order valence-corrected chi connectivity index (χ2v) is 29.6. The van der Waals surface area contributed by atoms with Gasteiger partial charge >= 0.3 is 0 Å². The summed E-state index contributed by atoms with van der Waals surface area (Å²) in [5.74, 6) is -0.283. The third-order valence-electron chi connectivity index (χ3n) is 20.7. The molecule has 3 fully saturated rings. The van der Waals surface area contributed by atoms with Crippen molar-refractivity contribution in [2.24, 2.45) is 0 Å². The Labute approximate surface area is 606 Å². The molecule has 0 aliphatic carbocycles. The van der Waals surface area contributed by atoms with E-state index in [4.69, 9.17) is 28.4 Å². The van der Waals surface area contributed by atoms with E-state index in [1.807, 2.05) is 6.08 Å². The maximum atomic E-state index is 13.5. The van der Waals surface area contributed by atoms with E-state index in [1.165, 1.54) is 263 Å². The highest BCUT2D eigenvalue weighted by Gasteiger charge is 2.54. The molecule has 0 bridgehead atoms. The molecule has 0 aromatic rings. The van der Waals surface area contributed by atoms with E-state index in [0.29, 0.717) is 12.8 Å². The Hall–Kier alpha value is -1.99. The van der Waals surface area contributed by atoms with E-state index in [9.17, 15) is 61.0 Å². The van der Waals surface area contributed by atoms with Crippen molar-refractivity contribution in [3.05, 3.63) is 36.5 Å². The molecule has 3 aliphatic rings. The molecule has 1 amide bonds.